The molecule has 0 unspecified atom stereocenters. The van der Waals surface area contributed by atoms with E-state index in [1.807, 2.05) is 68.4 Å². The SMILES string of the molecule is CCOc1ccc(C(=O)NCc2ccc(C)cc2)cc1COc1ccccc1C(C)(C)C. The van der Waals surface area contributed by atoms with Gasteiger partial charge in [-0.1, -0.05) is 68.8 Å². The quantitative estimate of drug-likeness (QED) is 0.462. The molecule has 0 saturated heterocycles. The average molecular weight is 432 g/mol. The Kier molecular flexibility index (Phi) is 7.57. The number of carbonyl (C=O) groups is 1. The average Bonchev–Trinajstić information content (AvgIpc) is 2.77. The summed E-state index contributed by atoms with van der Waals surface area (Å²) in [5.41, 5.74) is 4.81. The number of ether oxygens (including phenoxy) is 2. The van der Waals surface area contributed by atoms with E-state index in [2.05, 4.69) is 32.2 Å². The van der Waals surface area contributed by atoms with E-state index in [1.54, 1.807) is 6.07 Å². The van der Waals surface area contributed by atoms with Gasteiger partial charge in [-0.05, 0) is 54.7 Å². The number of para-hydroxylation sites is 1. The summed E-state index contributed by atoms with van der Waals surface area (Å²) in [6, 6.07) is 21.7. The number of carbonyl (C=O) groups excluding carboxylic acids is 1. The van der Waals surface area contributed by atoms with Crippen molar-refractivity contribution in [1.29, 1.82) is 0 Å². The summed E-state index contributed by atoms with van der Waals surface area (Å²) in [7, 11) is 0. The van der Waals surface area contributed by atoms with Crippen molar-refractivity contribution in [3.63, 3.8) is 0 Å². The van der Waals surface area contributed by atoms with Crippen LogP contribution in [0.4, 0.5) is 0 Å². The highest BCUT2D eigenvalue weighted by atomic mass is 16.5. The van der Waals surface area contributed by atoms with Crippen molar-refractivity contribution in [2.75, 3.05) is 6.61 Å². The fourth-order valence-corrected chi connectivity index (χ4v) is 3.49. The van der Waals surface area contributed by atoms with Gasteiger partial charge in [-0.2, -0.15) is 0 Å². The molecule has 3 aromatic rings. The van der Waals surface area contributed by atoms with Crippen LogP contribution in [0.1, 0.15) is 60.3 Å². The number of hydrogen-bond acceptors (Lipinski definition) is 3. The van der Waals surface area contributed by atoms with Crippen LogP contribution in [-0.4, -0.2) is 12.5 Å². The first kappa shape index (κ1) is 23.4. The molecule has 0 aromatic heterocycles. The monoisotopic (exact) mass is 431 g/mol. The van der Waals surface area contributed by atoms with Crippen LogP contribution in [-0.2, 0) is 18.6 Å². The van der Waals surface area contributed by atoms with Crippen molar-refractivity contribution in [3.05, 3.63) is 94.5 Å². The third-order valence-corrected chi connectivity index (χ3v) is 5.27. The second-order valence-corrected chi connectivity index (χ2v) is 8.96. The van der Waals surface area contributed by atoms with Crippen molar-refractivity contribution >= 4 is 5.91 Å². The Balaban J connectivity index is 1.76. The van der Waals surface area contributed by atoms with Gasteiger partial charge >= 0.3 is 0 Å². The van der Waals surface area contributed by atoms with E-state index in [-0.39, 0.29) is 11.3 Å². The Morgan fingerprint density at radius 3 is 2.31 bits per heavy atom. The molecule has 0 aliphatic heterocycles. The van der Waals surface area contributed by atoms with Crippen molar-refractivity contribution in [1.82, 2.24) is 5.32 Å². The third-order valence-electron chi connectivity index (χ3n) is 5.27. The number of nitrogens with one attached hydrogen (secondary N) is 1. The maximum atomic E-state index is 12.8. The number of aryl methyl sites for hydroxylation is 1. The van der Waals surface area contributed by atoms with Crippen LogP contribution in [0.3, 0.4) is 0 Å². The molecule has 1 N–H and O–H groups in total. The molecule has 0 spiro atoms. The van der Waals surface area contributed by atoms with Crippen LogP contribution in [0.25, 0.3) is 0 Å². The predicted molar refractivity (Wildman–Crippen MR) is 129 cm³/mol. The number of hydrogen-bond donors (Lipinski definition) is 1. The molecule has 3 aromatic carbocycles. The molecule has 0 saturated carbocycles. The maximum absolute atomic E-state index is 12.8. The Morgan fingerprint density at radius 2 is 1.62 bits per heavy atom. The van der Waals surface area contributed by atoms with Gasteiger partial charge in [0.05, 0.1) is 6.61 Å². The highest BCUT2D eigenvalue weighted by Gasteiger charge is 2.19. The molecular formula is C28H33NO3. The molecule has 0 aliphatic rings. The minimum atomic E-state index is -0.120. The Hall–Kier alpha value is -3.27. The molecule has 0 bridgehead atoms. The van der Waals surface area contributed by atoms with E-state index < -0.39 is 0 Å². The zero-order valence-corrected chi connectivity index (χ0v) is 19.7. The normalized spacial score (nSPS) is 11.2. The van der Waals surface area contributed by atoms with E-state index in [0.29, 0.717) is 25.3 Å². The largest absolute Gasteiger partial charge is 0.493 e. The summed E-state index contributed by atoms with van der Waals surface area (Å²) in [6.07, 6.45) is 0. The molecule has 4 heteroatoms. The molecule has 3 rings (SSSR count). The summed E-state index contributed by atoms with van der Waals surface area (Å²) in [4.78, 5) is 12.8. The summed E-state index contributed by atoms with van der Waals surface area (Å²) < 4.78 is 12.0. The highest BCUT2D eigenvalue weighted by Crippen LogP contribution is 2.32. The lowest BCUT2D eigenvalue weighted by atomic mass is 9.86. The van der Waals surface area contributed by atoms with Gasteiger partial charge in [-0.3, -0.25) is 4.79 Å². The van der Waals surface area contributed by atoms with E-state index in [4.69, 9.17) is 9.47 Å². The number of rotatable bonds is 8. The lowest BCUT2D eigenvalue weighted by Gasteiger charge is -2.23. The third kappa shape index (κ3) is 6.13. The maximum Gasteiger partial charge on any atom is 0.251 e. The zero-order valence-electron chi connectivity index (χ0n) is 19.7. The first-order valence-corrected chi connectivity index (χ1v) is 11.1. The van der Waals surface area contributed by atoms with Gasteiger partial charge in [0.1, 0.15) is 18.1 Å². The molecule has 1 amide bonds. The van der Waals surface area contributed by atoms with Crippen LogP contribution in [0.15, 0.2) is 66.7 Å². The molecule has 0 atom stereocenters. The Bertz CT molecular complexity index is 1050. The van der Waals surface area contributed by atoms with Gasteiger partial charge in [0.2, 0.25) is 0 Å². The molecule has 0 heterocycles. The van der Waals surface area contributed by atoms with Crippen molar-refractivity contribution < 1.29 is 14.3 Å². The summed E-state index contributed by atoms with van der Waals surface area (Å²) in [6.45, 7) is 11.8. The van der Waals surface area contributed by atoms with Gasteiger partial charge in [-0.15, -0.1) is 0 Å². The fraction of sp³-hybridized carbons (Fsp3) is 0.321. The van der Waals surface area contributed by atoms with Crippen molar-refractivity contribution in [3.8, 4) is 11.5 Å². The minimum absolute atomic E-state index is 0.0307. The summed E-state index contributed by atoms with van der Waals surface area (Å²) >= 11 is 0. The zero-order chi connectivity index (χ0) is 23.1. The molecule has 0 fully saturated rings. The van der Waals surface area contributed by atoms with Crippen LogP contribution in [0, 0.1) is 6.92 Å². The molecule has 168 valence electrons. The predicted octanol–water partition coefficient (Wildman–Crippen LogP) is 6.20. The topological polar surface area (TPSA) is 47.6 Å². The first-order valence-electron chi connectivity index (χ1n) is 11.1. The smallest absolute Gasteiger partial charge is 0.251 e. The standard InChI is InChI=1S/C28H33NO3/c1-6-31-25-16-15-22(27(30)29-18-21-13-11-20(2)12-14-21)17-23(25)19-32-26-10-8-7-9-24(26)28(3,4)5/h7-17H,6,18-19H2,1-5H3,(H,29,30). The van der Waals surface area contributed by atoms with Crippen LogP contribution < -0.4 is 14.8 Å². The minimum Gasteiger partial charge on any atom is -0.493 e. The van der Waals surface area contributed by atoms with Gasteiger partial charge in [0.15, 0.2) is 0 Å². The lowest BCUT2D eigenvalue weighted by molar-refractivity contribution is 0.0950. The van der Waals surface area contributed by atoms with Crippen molar-refractivity contribution in [2.45, 2.75) is 53.2 Å². The molecule has 0 aliphatic carbocycles. The second kappa shape index (κ2) is 10.4. The van der Waals surface area contributed by atoms with Gasteiger partial charge in [0.25, 0.3) is 5.91 Å². The summed E-state index contributed by atoms with van der Waals surface area (Å²) in [5, 5.41) is 3.00. The van der Waals surface area contributed by atoms with Crippen molar-refractivity contribution in [2.24, 2.45) is 0 Å². The molecular weight excluding hydrogens is 398 g/mol. The van der Waals surface area contributed by atoms with E-state index in [9.17, 15) is 4.79 Å². The van der Waals surface area contributed by atoms with E-state index in [0.717, 1.165) is 28.2 Å². The second-order valence-electron chi connectivity index (χ2n) is 8.96. The Morgan fingerprint density at radius 1 is 0.906 bits per heavy atom. The molecule has 0 radical (unpaired) electrons. The molecule has 4 nitrogen and oxygen atoms in total. The Labute approximate surface area is 191 Å². The fourth-order valence-electron chi connectivity index (χ4n) is 3.49. The van der Waals surface area contributed by atoms with Gasteiger partial charge in [0, 0.05) is 17.7 Å². The molecule has 32 heavy (non-hydrogen) atoms. The first-order chi connectivity index (χ1) is 15.3. The van der Waals surface area contributed by atoms with Crippen LogP contribution in [0.5, 0.6) is 11.5 Å². The summed E-state index contributed by atoms with van der Waals surface area (Å²) in [5.74, 6) is 1.46. The van der Waals surface area contributed by atoms with E-state index >= 15 is 0 Å². The van der Waals surface area contributed by atoms with Gasteiger partial charge in [-0.25, -0.2) is 0 Å². The van der Waals surface area contributed by atoms with Crippen LogP contribution in [0.2, 0.25) is 0 Å². The van der Waals surface area contributed by atoms with E-state index in [1.165, 1.54) is 5.56 Å². The van der Waals surface area contributed by atoms with Crippen LogP contribution >= 0.6 is 0 Å². The lowest BCUT2D eigenvalue weighted by Crippen LogP contribution is -2.23. The number of amides is 1. The van der Waals surface area contributed by atoms with Gasteiger partial charge < -0.3 is 14.8 Å². The highest BCUT2D eigenvalue weighted by molar-refractivity contribution is 5.94. The number of benzene rings is 3.